The summed E-state index contributed by atoms with van der Waals surface area (Å²) in [5.41, 5.74) is 0. The van der Waals surface area contributed by atoms with Gasteiger partial charge < -0.3 is 15.3 Å². The largest absolute Gasteiger partial charge is 0.396 e. The number of rotatable bonds is 6. The molecule has 0 aromatic rings. The van der Waals surface area contributed by atoms with E-state index >= 15 is 0 Å². The normalized spacial score (nSPS) is 7.88. The van der Waals surface area contributed by atoms with Crippen LogP contribution in [0.3, 0.4) is 0 Å². The second-order valence-electron chi connectivity index (χ2n) is 3.23. The number of unbranched alkanes of at least 4 members (excludes halogenated alkanes) is 3. The van der Waals surface area contributed by atoms with E-state index in [2.05, 4.69) is 20.8 Å². The first-order valence-electron chi connectivity index (χ1n) is 6.07. The molecule has 0 aliphatic rings. The van der Waals surface area contributed by atoms with Gasteiger partial charge in [0, 0.05) is 57.1 Å². The van der Waals surface area contributed by atoms with Crippen molar-refractivity contribution in [3.05, 3.63) is 0 Å². The zero-order valence-electron chi connectivity index (χ0n) is 11.0. The molecule has 0 saturated carbocycles. The maximum Gasteiger partial charge on any atom is 0.0430 e. The van der Waals surface area contributed by atoms with E-state index in [1.165, 1.54) is 0 Å². The summed E-state index contributed by atoms with van der Waals surface area (Å²) in [5.74, 6) is 0. The summed E-state index contributed by atoms with van der Waals surface area (Å²) in [7, 11) is 0. The van der Waals surface area contributed by atoms with E-state index < -0.39 is 0 Å². The van der Waals surface area contributed by atoms with E-state index in [1.807, 2.05) is 0 Å². The Labute approximate surface area is 131 Å². The van der Waals surface area contributed by atoms with E-state index in [0.717, 1.165) is 38.5 Å². The first-order chi connectivity index (χ1) is 7.24. The van der Waals surface area contributed by atoms with Gasteiger partial charge in [-0.1, -0.05) is 40.0 Å². The van der Waals surface area contributed by atoms with Crippen LogP contribution in [0.1, 0.15) is 59.3 Å². The average Bonchev–Trinajstić information content (AvgIpc) is 2.23. The summed E-state index contributed by atoms with van der Waals surface area (Å²) in [6, 6.07) is 0. The van der Waals surface area contributed by atoms with Gasteiger partial charge in [0.15, 0.2) is 0 Å². The van der Waals surface area contributed by atoms with Gasteiger partial charge in [0.2, 0.25) is 0 Å². The molecule has 0 heterocycles. The van der Waals surface area contributed by atoms with Crippen molar-refractivity contribution in [2.45, 2.75) is 59.3 Å². The standard InChI is InChI=1S/3C4H10O.Er/c3*1-2-3-4-5;/h3*5H,2-4H2,1H3;. The van der Waals surface area contributed by atoms with Crippen LogP contribution >= 0.6 is 0 Å². The molecule has 0 aromatic carbocycles. The van der Waals surface area contributed by atoms with Crippen molar-refractivity contribution in [3.63, 3.8) is 0 Å². The predicted octanol–water partition coefficient (Wildman–Crippen LogP) is 2.34. The number of hydrogen-bond donors (Lipinski definition) is 3. The Morgan fingerprint density at radius 3 is 0.750 bits per heavy atom. The Hall–Kier alpha value is 1.13. The molecule has 0 atom stereocenters. The number of hydrogen-bond acceptors (Lipinski definition) is 3. The second-order valence-corrected chi connectivity index (χ2v) is 3.23. The maximum atomic E-state index is 8.07. The Morgan fingerprint density at radius 1 is 0.562 bits per heavy atom. The van der Waals surface area contributed by atoms with Gasteiger partial charge in [-0.2, -0.15) is 0 Å². The van der Waals surface area contributed by atoms with Gasteiger partial charge >= 0.3 is 0 Å². The van der Waals surface area contributed by atoms with Crippen molar-refractivity contribution < 1.29 is 52.6 Å². The van der Waals surface area contributed by atoms with Crippen molar-refractivity contribution in [2.75, 3.05) is 19.8 Å². The van der Waals surface area contributed by atoms with Crippen molar-refractivity contribution in [3.8, 4) is 0 Å². The van der Waals surface area contributed by atoms with Crippen molar-refractivity contribution in [2.24, 2.45) is 0 Å². The Kier molecular flexibility index (Phi) is 58.1. The van der Waals surface area contributed by atoms with Crippen molar-refractivity contribution in [1.82, 2.24) is 0 Å². The third kappa shape index (κ3) is 59.4. The molecule has 0 bridgehead atoms. The van der Waals surface area contributed by atoms with Gasteiger partial charge in [-0.05, 0) is 19.3 Å². The summed E-state index contributed by atoms with van der Waals surface area (Å²) >= 11 is 0. The van der Waals surface area contributed by atoms with Crippen molar-refractivity contribution in [1.29, 1.82) is 0 Å². The van der Waals surface area contributed by atoms with Crippen LogP contribution in [-0.4, -0.2) is 35.1 Å². The molecule has 0 fully saturated rings. The molecule has 0 spiro atoms. The molecule has 4 heteroatoms. The first-order valence-corrected chi connectivity index (χ1v) is 6.07. The third-order valence-corrected chi connectivity index (χ3v) is 1.54. The molecule has 108 valence electrons. The van der Waals surface area contributed by atoms with Crippen LogP contribution in [0.25, 0.3) is 0 Å². The summed E-state index contributed by atoms with van der Waals surface area (Å²) < 4.78 is 0. The fraction of sp³-hybridized carbons (Fsp3) is 1.00. The van der Waals surface area contributed by atoms with Gasteiger partial charge in [0.25, 0.3) is 0 Å². The first kappa shape index (κ1) is 25.8. The van der Waals surface area contributed by atoms with Gasteiger partial charge in [-0.3, -0.25) is 0 Å². The molecule has 0 rings (SSSR count). The topological polar surface area (TPSA) is 60.7 Å². The second kappa shape index (κ2) is 36.0. The van der Waals surface area contributed by atoms with Gasteiger partial charge in [0.1, 0.15) is 0 Å². The Balaban J connectivity index is -0.0000000655. The minimum atomic E-state index is 0. The molecule has 0 aliphatic carbocycles. The molecule has 0 saturated heterocycles. The Bertz CT molecular complexity index is 53.0. The predicted molar refractivity (Wildman–Crippen MR) is 66.0 cm³/mol. The molecular formula is C12H30ErO3. The summed E-state index contributed by atoms with van der Waals surface area (Å²) in [4.78, 5) is 0. The van der Waals surface area contributed by atoms with Gasteiger partial charge in [-0.15, -0.1) is 0 Å². The molecule has 3 N–H and O–H groups in total. The van der Waals surface area contributed by atoms with Crippen LogP contribution in [0.2, 0.25) is 0 Å². The smallest absolute Gasteiger partial charge is 0.0430 e. The van der Waals surface area contributed by atoms with Gasteiger partial charge in [-0.25, -0.2) is 0 Å². The quantitative estimate of drug-likeness (QED) is 0.653. The number of aliphatic hydroxyl groups is 3. The summed E-state index contributed by atoms with van der Waals surface area (Å²) in [5, 5.41) is 24.2. The van der Waals surface area contributed by atoms with Crippen LogP contribution in [0.4, 0.5) is 0 Å². The fourth-order valence-corrected chi connectivity index (χ4v) is 0.474. The molecule has 0 aliphatic heterocycles. The minimum Gasteiger partial charge on any atom is -0.396 e. The fourth-order valence-electron chi connectivity index (χ4n) is 0.474. The van der Waals surface area contributed by atoms with Crippen LogP contribution in [0.5, 0.6) is 0 Å². The molecule has 16 heavy (non-hydrogen) atoms. The number of aliphatic hydroxyl groups excluding tert-OH is 3. The van der Waals surface area contributed by atoms with Crippen LogP contribution < -0.4 is 0 Å². The van der Waals surface area contributed by atoms with Crippen LogP contribution in [0.15, 0.2) is 0 Å². The molecule has 0 aromatic heterocycles. The summed E-state index contributed by atoms with van der Waals surface area (Å²) in [6.07, 6.45) is 6.11. The Morgan fingerprint density at radius 2 is 0.750 bits per heavy atom. The molecule has 0 amide bonds. The maximum absolute atomic E-state index is 8.07. The van der Waals surface area contributed by atoms with Crippen molar-refractivity contribution >= 4 is 0 Å². The molecule has 0 unspecified atom stereocenters. The summed E-state index contributed by atoms with van der Waals surface area (Å²) in [6.45, 7) is 7.19. The van der Waals surface area contributed by atoms with E-state index in [9.17, 15) is 0 Å². The van der Waals surface area contributed by atoms with E-state index in [0.29, 0.717) is 19.8 Å². The van der Waals surface area contributed by atoms with Gasteiger partial charge in [0.05, 0.1) is 0 Å². The molecule has 3 nitrogen and oxygen atoms in total. The van der Waals surface area contributed by atoms with Crippen LogP contribution in [-0.2, 0) is 0 Å². The van der Waals surface area contributed by atoms with Crippen LogP contribution in [0, 0.1) is 37.3 Å². The van der Waals surface area contributed by atoms with E-state index in [-0.39, 0.29) is 37.3 Å². The third-order valence-electron chi connectivity index (χ3n) is 1.54. The molecule has 0 radical (unpaired) electrons. The van der Waals surface area contributed by atoms with E-state index in [4.69, 9.17) is 15.3 Å². The minimum absolute atomic E-state index is 0. The zero-order chi connectivity index (χ0) is 12.4. The SMILES string of the molecule is CCCCO.CCCCO.CCCCO.[Er]. The molecular weight excluding hydrogens is 359 g/mol. The monoisotopic (exact) mass is 388 g/mol. The zero-order valence-corrected chi connectivity index (χ0v) is 12.8. The average molecular weight is 390 g/mol. The van der Waals surface area contributed by atoms with E-state index in [1.54, 1.807) is 0 Å².